The highest BCUT2D eigenvalue weighted by atomic mass is 79.9. The predicted octanol–water partition coefficient (Wildman–Crippen LogP) is 1.82. The zero-order valence-corrected chi connectivity index (χ0v) is 15.0. The van der Waals surface area contributed by atoms with E-state index in [4.69, 9.17) is 10.6 Å². The largest absolute Gasteiger partial charge is 0.483 e. The predicted molar refractivity (Wildman–Crippen MR) is 89.0 cm³/mol. The van der Waals surface area contributed by atoms with Gasteiger partial charge in [0.05, 0.1) is 4.47 Å². The van der Waals surface area contributed by atoms with Gasteiger partial charge in [0.1, 0.15) is 5.75 Å². The van der Waals surface area contributed by atoms with Gasteiger partial charge in [-0.25, -0.2) is 5.84 Å². The van der Waals surface area contributed by atoms with Crippen molar-refractivity contribution >= 4 is 43.7 Å². The molecule has 0 radical (unpaired) electrons. The molecule has 1 saturated heterocycles. The summed E-state index contributed by atoms with van der Waals surface area (Å²) in [5.74, 6) is 5.38. The number of likely N-dealkylation sites (tertiary alicyclic amines) is 1. The van der Waals surface area contributed by atoms with Gasteiger partial charge in [0.25, 0.3) is 5.91 Å². The molecule has 120 valence electrons. The maximum absolute atomic E-state index is 12.1. The zero-order valence-electron chi connectivity index (χ0n) is 11.9. The molecule has 3 N–H and O–H groups in total. The number of ether oxygens (including phenoxy) is 1. The van der Waals surface area contributed by atoms with E-state index < -0.39 is 0 Å². The first-order valence-corrected chi connectivity index (χ1v) is 8.46. The van der Waals surface area contributed by atoms with Crippen LogP contribution in [0.2, 0.25) is 0 Å². The van der Waals surface area contributed by atoms with Gasteiger partial charge in [0.2, 0.25) is 5.91 Å². The Morgan fingerprint density at radius 1 is 1.32 bits per heavy atom. The lowest BCUT2D eigenvalue weighted by Crippen LogP contribution is -2.45. The van der Waals surface area contributed by atoms with E-state index >= 15 is 0 Å². The van der Waals surface area contributed by atoms with E-state index in [0.717, 1.165) is 8.95 Å². The molecule has 0 saturated carbocycles. The summed E-state index contributed by atoms with van der Waals surface area (Å²) in [6.07, 6.45) is 1.24. The number of hydrogen-bond donors (Lipinski definition) is 2. The van der Waals surface area contributed by atoms with Gasteiger partial charge in [-0.2, -0.15) is 0 Å². The molecule has 0 aliphatic carbocycles. The molecule has 0 spiro atoms. The minimum Gasteiger partial charge on any atom is -0.483 e. The number of nitrogens with zero attached hydrogens (tertiary/aromatic N) is 1. The van der Waals surface area contributed by atoms with Crippen molar-refractivity contribution in [2.24, 2.45) is 11.8 Å². The first-order chi connectivity index (χ1) is 10.5. The topological polar surface area (TPSA) is 84.7 Å². The van der Waals surface area contributed by atoms with Crippen LogP contribution in [0.5, 0.6) is 5.75 Å². The molecule has 8 heteroatoms. The fraction of sp³-hybridized carbons (Fsp3) is 0.429. The molecule has 1 aliphatic rings. The van der Waals surface area contributed by atoms with E-state index in [9.17, 15) is 9.59 Å². The van der Waals surface area contributed by atoms with Gasteiger partial charge >= 0.3 is 0 Å². The van der Waals surface area contributed by atoms with Crippen molar-refractivity contribution in [1.29, 1.82) is 0 Å². The number of hydrazine groups is 1. The van der Waals surface area contributed by atoms with Crippen LogP contribution >= 0.6 is 31.9 Å². The van der Waals surface area contributed by atoms with E-state index in [1.165, 1.54) is 0 Å². The Kier molecular flexibility index (Phi) is 6.22. The van der Waals surface area contributed by atoms with Gasteiger partial charge in [-0.05, 0) is 47.0 Å². The molecule has 1 heterocycles. The third-order valence-electron chi connectivity index (χ3n) is 3.61. The van der Waals surface area contributed by atoms with E-state index in [-0.39, 0.29) is 24.3 Å². The van der Waals surface area contributed by atoms with Crippen molar-refractivity contribution in [3.63, 3.8) is 0 Å². The third kappa shape index (κ3) is 4.44. The Balaban J connectivity index is 1.82. The number of amides is 2. The SMILES string of the molecule is NNC(=O)C1CCN(C(=O)COc2ccc(Br)cc2Br)CC1. The monoisotopic (exact) mass is 433 g/mol. The maximum Gasteiger partial charge on any atom is 0.260 e. The van der Waals surface area contributed by atoms with Crippen LogP contribution in [0.3, 0.4) is 0 Å². The van der Waals surface area contributed by atoms with Crippen LogP contribution < -0.4 is 16.0 Å². The molecule has 0 unspecified atom stereocenters. The van der Waals surface area contributed by atoms with Crippen molar-refractivity contribution in [2.75, 3.05) is 19.7 Å². The van der Waals surface area contributed by atoms with Crippen LogP contribution in [0.4, 0.5) is 0 Å². The van der Waals surface area contributed by atoms with Crippen molar-refractivity contribution in [1.82, 2.24) is 10.3 Å². The first-order valence-electron chi connectivity index (χ1n) is 6.87. The van der Waals surface area contributed by atoms with E-state index in [0.29, 0.717) is 31.7 Å². The number of nitrogens with one attached hydrogen (secondary N) is 1. The Morgan fingerprint density at radius 3 is 2.59 bits per heavy atom. The van der Waals surface area contributed by atoms with Crippen molar-refractivity contribution in [3.05, 3.63) is 27.1 Å². The van der Waals surface area contributed by atoms with Gasteiger partial charge < -0.3 is 9.64 Å². The smallest absolute Gasteiger partial charge is 0.260 e. The molecule has 22 heavy (non-hydrogen) atoms. The van der Waals surface area contributed by atoms with Crippen LogP contribution in [0.1, 0.15) is 12.8 Å². The second-order valence-corrected chi connectivity index (χ2v) is 6.80. The van der Waals surface area contributed by atoms with Crippen LogP contribution in [0, 0.1) is 5.92 Å². The highest BCUT2D eigenvalue weighted by Gasteiger charge is 2.27. The summed E-state index contributed by atoms with van der Waals surface area (Å²) in [5.41, 5.74) is 2.16. The number of carbonyl (C=O) groups is 2. The molecule has 2 amide bonds. The lowest BCUT2D eigenvalue weighted by molar-refractivity contribution is -0.137. The molecular formula is C14H17Br2N3O3. The molecule has 0 aromatic heterocycles. The van der Waals surface area contributed by atoms with Gasteiger partial charge in [-0.3, -0.25) is 15.0 Å². The Labute approximate surface area is 145 Å². The van der Waals surface area contributed by atoms with Gasteiger partial charge in [0, 0.05) is 23.5 Å². The molecule has 1 aliphatic heterocycles. The number of halogens is 2. The highest BCUT2D eigenvalue weighted by molar-refractivity contribution is 9.11. The molecule has 2 rings (SSSR count). The Morgan fingerprint density at radius 2 is 2.00 bits per heavy atom. The fourth-order valence-corrected chi connectivity index (χ4v) is 3.49. The van der Waals surface area contributed by atoms with Gasteiger partial charge in [-0.1, -0.05) is 15.9 Å². The number of rotatable bonds is 4. The minimum atomic E-state index is -0.165. The summed E-state index contributed by atoms with van der Waals surface area (Å²) in [4.78, 5) is 25.3. The third-order valence-corrected chi connectivity index (χ3v) is 4.72. The average Bonchev–Trinajstić information content (AvgIpc) is 2.53. The molecule has 0 atom stereocenters. The summed E-state index contributed by atoms with van der Waals surface area (Å²) in [5, 5.41) is 0. The second-order valence-electron chi connectivity index (χ2n) is 5.03. The summed E-state index contributed by atoms with van der Waals surface area (Å²) in [7, 11) is 0. The Hall–Kier alpha value is -1.12. The van der Waals surface area contributed by atoms with E-state index in [1.807, 2.05) is 12.1 Å². The number of hydrogen-bond acceptors (Lipinski definition) is 4. The Bertz CT molecular complexity index is 560. The summed E-state index contributed by atoms with van der Waals surface area (Å²) >= 11 is 6.75. The van der Waals surface area contributed by atoms with Crippen LogP contribution in [0.25, 0.3) is 0 Å². The summed E-state index contributed by atoms with van der Waals surface area (Å²) in [6, 6.07) is 5.50. The van der Waals surface area contributed by atoms with Crippen LogP contribution in [0.15, 0.2) is 27.1 Å². The van der Waals surface area contributed by atoms with Crippen LogP contribution in [-0.4, -0.2) is 36.4 Å². The number of benzene rings is 1. The fourth-order valence-electron chi connectivity index (χ4n) is 2.33. The standard InChI is InChI=1S/C14H17Br2N3O3/c15-10-1-2-12(11(16)7-10)22-8-13(20)19-5-3-9(4-6-19)14(21)18-17/h1-2,7,9H,3-6,8,17H2,(H,18,21). The molecule has 0 bridgehead atoms. The first kappa shape index (κ1) is 17.2. The second kappa shape index (κ2) is 7.94. The van der Waals surface area contributed by atoms with Crippen molar-refractivity contribution in [2.45, 2.75) is 12.8 Å². The summed E-state index contributed by atoms with van der Waals surface area (Å²) in [6.45, 7) is 1.07. The molecule has 1 aromatic rings. The van der Waals surface area contributed by atoms with Crippen molar-refractivity contribution < 1.29 is 14.3 Å². The molecule has 1 fully saturated rings. The molecular weight excluding hydrogens is 418 g/mol. The number of nitrogens with two attached hydrogens (primary N) is 1. The average molecular weight is 435 g/mol. The van der Waals surface area contributed by atoms with E-state index in [2.05, 4.69) is 37.3 Å². The zero-order chi connectivity index (χ0) is 16.1. The molecule has 1 aromatic carbocycles. The van der Waals surface area contributed by atoms with Gasteiger partial charge in [0.15, 0.2) is 6.61 Å². The minimum absolute atomic E-state index is 0.0199. The number of piperidine rings is 1. The van der Waals surface area contributed by atoms with Crippen molar-refractivity contribution in [3.8, 4) is 5.75 Å². The molecule has 6 nitrogen and oxygen atoms in total. The lowest BCUT2D eigenvalue weighted by Gasteiger charge is -2.31. The lowest BCUT2D eigenvalue weighted by atomic mass is 9.96. The normalized spacial score (nSPS) is 15.5. The summed E-state index contributed by atoms with van der Waals surface area (Å²) < 4.78 is 7.26. The maximum atomic E-state index is 12.1. The van der Waals surface area contributed by atoms with Gasteiger partial charge in [-0.15, -0.1) is 0 Å². The quantitative estimate of drug-likeness (QED) is 0.430. The van der Waals surface area contributed by atoms with Crippen LogP contribution in [-0.2, 0) is 9.59 Å². The number of carbonyl (C=O) groups excluding carboxylic acids is 2. The highest BCUT2D eigenvalue weighted by Crippen LogP contribution is 2.28. The van der Waals surface area contributed by atoms with E-state index in [1.54, 1.807) is 11.0 Å².